The Morgan fingerprint density at radius 2 is 2.26 bits per heavy atom. The fraction of sp³-hybridized carbons (Fsp3) is 0.588. The third kappa shape index (κ3) is 3.52. The quantitative estimate of drug-likeness (QED) is 0.918. The lowest BCUT2D eigenvalue weighted by molar-refractivity contribution is -0.143. The summed E-state index contributed by atoms with van der Waals surface area (Å²) < 4.78 is 19.4. The molecule has 2 aliphatic rings. The Labute approximate surface area is 140 Å². The molecule has 0 bridgehead atoms. The van der Waals surface area contributed by atoms with Crippen LogP contribution >= 0.6 is 11.6 Å². The van der Waals surface area contributed by atoms with E-state index in [4.69, 9.17) is 16.3 Å². The third-order valence-corrected chi connectivity index (χ3v) is 5.26. The second-order valence-electron chi connectivity index (χ2n) is 6.27. The van der Waals surface area contributed by atoms with Crippen LogP contribution in [0.15, 0.2) is 18.2 Å². The number of ether oxygens (including phenoxy) is 1. The predicted molar refractivity (Wildman–Crippen MR) is 84.8 cm³/mol. The summed E-state index contributed by atoms with van der Waals surface area (Å²) in [6.45, 7) is 1.37. The van der Waals surface area contributed by atoms with Gasteiger partial charge in [0.15, 0.2) is 0 Å². The van der Waals surface area contributed by atoms with Crippen LogP contribution in [0.3, 0.4) is 0 Å². The van der Waals surface area contributed by atoms with Crippen LogP contribution in [0.2, 0.25) is 5.02 Å². The van der Waals surface area contributed by atoms with E-state index in [1.165, 1.54) is 12.1 Å². The number of hydrogen-bond donors (Lipinski definition) is 1. The maximum absolute atomic E-state index is 13.9. The summed E-state index contributed by atoms with van der Waals surface area (Å²) in [5.74, 6) is -0.587. The molecule has 1 aliphatic carbocycles. The number of nitrogens with zero attached hydrogens (tertiary/aromatic N) is 1. The van der Waals surface area contributed by atoms with Crippen LogP contribution in [-0.2, 0) is 16.0 Å². The molecule has 0 aromatic heterocycles. The van der Waals surface area contributed by atoms with E-state index in [1.54, 1.807) is 11.0 Å². The highest BCUT2D eigenvalue weighted by Gasteiger charge is 2.39. The Morgan fingerprint density at radius 1 is 1.43 bits per heavy atom. The Kier molecular flexibility index (Phi) is 5.19. The molecule has 3 rings (SSSR count). The van der Waals surface area contributed by atoms with Gasteiger partial charge < -0.3 is 14.7 Å². The highest BCUT2D eigenvalue weighted by molar-refractivity contribution is 6.31. The summed E-state index contributed by atoms with van der Waals surface area (Å²) in [5.41, 5.74) is 0.233. The molecule has 1 saturated carbocycles. The van der Waals surface area contributed by atoms with Crippen LogP contribution < -0.4 is 0 Å². The predicted octanol–water partition coefficient (Wildman–Crippen LogP) is 2.41. The molecule has 3 atom stereocenters. The normalized spacial score (nSPS) is 28.1. The van der Waals surface area contributed by atoms with Crippen molar-refractivity contribution in [2.45, 2.75) is 37.8 Å². The molecule has 23 heavy (non-hydrogen) atoms. The van der Waals surface area contributed by atoms with Crippen molar-refractivity contribution in [3.8, 4) is 0 Å². The average Bonchev–Trinajstić information content (AvgIpc) is 2.97. The minimum atomic E-state index is -0.462. The summed E-state index contributed by atoms with van der Waals surface area (Å²) in [6, 6.07) is 4.29. The van der Waals surface area contributed by atoms with E-state index in [9.17, 15) is 14.3 Å². The number of amides is 1. The summed E-state index contributed by atoms with van der Waals surface area (Å²) >= 11 is 6.02. The van der Waals surface area contributed by atoms with Crippen molar-refractivity contribution in [3.05, 3.63) is 34.6 Å². The van der Waals surface area contributed by atoms with Gasteiger partial charge in [0.05, 0.1) is 31.8 Å². The lowest BCUT2D eigenvalue weighted by Gasteiger charge is -2.40. The van der Waals surface area contributed by atoms with Crippen LogP contribution in [0, 0.1) is 11.7 Å². The molecule has 1 saturated heterocycles. The molecule has 126 valence electrons. The number of aliphatic hydroxyl groups excluding tert-OH is 1. The fourth-order valence-corrected chi connectivity index (χ4v) is 3.89. The van der Waals surface area contributed by atoms with Crippen LogP contribution in [0.25, 0.3) is 0 Å². The summed E-state index contributed by atoms with van der Waals surface area (Å²) in [4.78, 5) is 14.5. The molecule has 1 aromatic rings. The first-order valence-corrected chi connectivity index (χ1v) is 8.44. The van der Waals surface area contributed by atoms with Gasteiger partial charge >= 0.3 is 0 Å². The number of aliphatic hydroxyl groups is 1. The number of rotatable bonds is 3. The van der Waals surface area contributed by atoms with Gasteiger partial charge in [-0.15, -0.1) is 0 Å². The summed E-state index contributed by atoms with van der Waals surface area (Å²) in [5, 5.41) is 10.4. The van der Waals surface area contributed by atoms with Gasteiger partial charge in [0.2, 0.25) is 5.91 Å². The Balaban J connectivity index is 1.76. The molecule has 0 radical (unpaired) electrons. The van der Waals surface area contributed by atoms with Gasteiger partial charge in [-0.25, -0.2) is 4.39 Å². The third-order valence-electron chi connectivity index (χ3n) is 4.90. The SMILES string of the molecule is O=C(Cc1c(F)cccc1Cl)N1CCOC[C@@H]1[C@@H]1CCC[C@@H]1O. The van der Waals surface area contributed by atoms with Crippen LogP contribution in [0.1, 0.15) is 24.8 Å². The molecule has 1 aliphatic heterocycles. The van der Waals surface area contributed by atoms with Crippen molar-refractivity contribution in [2.24, 2.45) is 5.92 Å². The molecule has 1 N–H and O–H groups in total. The van der Waals surface area contributed by atoms with Crippen molar-refractivity contribution in [2.75, 3.05) is 19.8 Å². The van der Waals surface area contributed by atoms with E-state index < -0.39 is 11.9 Å². The molecular weight excluding hydrogens is 321 g/mol. The zero-order valence-electron chi connectivity index (χ0n) is 12.9. The Hall–Kier alpha value is -1.17. The minimum absolute atomic E-state index is 0.0374. The van der Waals surface area contributed by atoms with Gasteiger partial charge in [0, 0.05) is 23.0 Å². The zero-order valence-corrected chi connectivity index (χ0v) is 13.6. The first-order chi connectivity index (χ1) is 11.1. The van der Waals surface area contributed by atoms with E-state index in [0.29, 0.717) is 19.8 Å². The van der Waals surface area contributed by atoms with Crippen molar-refractivity contribution in [3.63, 3.8) is 0 Å². The number of halogens is 2. The molecule has 1 amide bonds. The number of benzene rings is 1. The number of morpholine rings is 1. The van der Waals surface area contributed by atoms with Crippen LogP contribution in [0.4, 0.5) is 4.39 Å². The Bertz CT molecular complexity index is 563. The first kappa shape index (κ1) is 16.7. The second kappa shape index (κ2) is 7.16. The highest BCUT2D eigenvalue weighted by atomic mass is 35.5. The summed E-state index contributed by atoms with van der Waals surface area (Å²) in [7, 11) is 0. The fourth-order valence-electron chi connectivity index (χ4n) is 3.66. The van der Waals surface area contributed by atoms with Crippen LogP contribution in [-0.4, -0.2) is 47.8 Å². The van der Waals surface area contributed by atoms with Crippen molar-refractivity contribution in [1.29, 1.82) is 0 Å². The standard InChI is InChI=1S/C17H21ClFNO3/c18-13-4-2-5-14(19)12(13)9-17(22)20-7-8-23-10-15(20)11-3-1-6-16(11)21/h2,4-5,11,15-16,21H,1,3,6-10H2/t11-,15+,16-/m0/s1. The molecule has 0 spiro atoms. The van der Waals surface area contributed by atoms with E-state index in [-0.39, 0.29) is 34.9 Å². The first-order valence-electron chi connectivity index (χ1n) is 8.06. The molecule has 6 heteroatoms. The average molecular weight is 342 g/mol. The molecule has 1 heterocycles. The summed E-state index contributed by atoms with van der Waals surface area (Å²) in [6.07, 6.45) is 2.16. The van der Waals surface area contributed by atoms with Gasteiger partial charge in [0.1, 0.15) is 5.82 Å². The van der Waals surface area contributed by atoms with E-state index >= 15 is 0 Å². The van der Waals surface area contributed by atoms with Gasteiger partial charge in [-0.2, -0.15) is 0 Å². The van der Waals surface area contributed by atoms with Gasteiger partial charge in [0.25, 0.3) is 0 Å². The van der Waals surface area contributed by atoms with Gasteiger partial charge in [-0.3, -0.25) is 4.79 Å². The topological polar surface area (TPSA) is 49.8 Å². The second-order valence-corrected chi connectivity index (χ2v) is 6.68. The Morgan fingerprint density at radius 3 is 2.96 bits per heavy atom. The van der Waals surface area contributed by atoms with Crippen molar-refractivity contribution in [1.82, 2.24) is 4.90 Å². The highest BCUT2D eigenvalue weighted by Crippen LogP contribution is 2.32. The van der Waals surface area contributed by atoms with Gasteiger partial charge in [-0.1, -0.05) is 24.1 Å². The van der Waals surface area contributed by atoms with Gasteiger partial charge in [-0.05, 0) is 25.0 Å². The van der Waals surface area contributed by atoms with Crippen molar-refractivity contribution >= 4 is 17.5 Å². The number of hydrogen-bond acceptors (Lipinski definition) is 3. The van der Waals surface area contributed by atoms with E-state index in [1.807, 2.05) is 0 Å². The largest absolute Gasteiger partial charge is 0.393 e. The lowest BCUT2D eigenvalue weighted by atomic mass is 9.93. The van der Waals surface area contributed by atoms with Crippen LogP contribution in [0.5, 0.6) is 0 Å². The zero-order chi connectivity index (χ0) is 16.4. The lowest BCUT2D eigenvalue weighted by Crippen LogP contribution is -2.54. The molecule has 4 nitrogen and oxygen atoms in total. The smallest absolute Gasteiger partial charge is 0.227 e. The maximum atomic E-state index is 13.9. The monoisotopic (exact) mass is 341 g/mol. The number of carbonyl (C=O) groups excluding carboxylic acids is 1. The molecular formula is C17H21ClFNO3. The van der Waals surface area contributed by atoms with E-state index in [0.717, 1.165) is 19.3 Å². The van der Waals surface area contributed by atoms with E-state index in [2.05, 4.69) is 0 Å². The molecule has 0 unspecified atom stereocenters. The maximum Gasteiger partial charge on any atom is 0.227 e. The van der Waals surface area contributed by atoms with Crippen molar-refractivity contribution < 1.29 is 19.0 Å². The molecule has 1 aromatic carbocycles. The molecule has 2 fully saturated rings. The number of carbonyl (C=O) groups is 1. The minimum Gasteiger partial charge on any atom is -0.393 e.